The Kier molecular flexibility index (Phi) is 12.8. The molecule has 2 aromatic carbocycles. The van der Waals surface area contributed by atoms with Crippen molar-refractivity contribution in [3.8, 4) is 5.75 Å². The minimum absolute atomic E-state index is 0.0246. The van der Waals surface area contributed by atoms with Gasteiger partial charge in [0.05, 0.1) is 36.8 Å². The molecule has 1 aromatic heterocycles. The van der Waals surface area contributed by atoms with Crippen molar-refractivity contribution in [3.63, 3.8) is 0 Å². The number of aromatic nitrogens is 1. The molecule has 262 valence electrons. The number of aliphatic hydroxyl groups excluding tert-OH is 1. The zero-order valence-electron chi connectivity index (χ0n) is 28.6. The average Bonchev–Trinajstić information content (AvgIpc) is 3.40. The van der Waals surface area contributed by atoms with E-state index >= 15 is 0 Å². The minimum atomic E-state index is -3.94. The van der Waals surface area contributed by atoms with Crippen LogP contribution in [0.15, 0.2) is 57.9 Å². The Bertz CT molecular complexity index is 1630. The minimum Gasteiger partial charge on any atom is -0.490 e. The number of sulfonamides is 1. The molecule has 1 aliphatic rings. The van der Waals surface area contributed by atoms with Crippen molar-refractivity contribution in [2.24, 2.45) is 5.92 Å². The maximum absolute atomic E-state index is 14.4. The molecule has 48 heavy (non-hydrogen) atoms. The van der Waals surface area contributed by atoms with Crippen LogP contribution in [-0.4, -0.2) is 91.3 Å². The molecule has 0 aliphatic carbocycles. The summed E-state index contributed by atoms with van der Waals surface area (Å²) in [6.45, 7) is 9.00. The van der Waals surface area contributed by atoms with E-state index in [9.17, 15) is 23.1 Å². The summed E-state index contributed by atoms with van der Waals surface area (Å²) < 4.78 is 46.1. The number of hydrogen-bond acceptors (Lipinski definition) is 9. The average molecular weight is 685 g/mol. The number of ether oxygens (including phenoxy) is 2. The molecule has 0 radical (unpaired) electrons. The van der Waals surface area contributed by atoms with Gasteiger partial charge in [0.15, 0.2) is 5.76 Å². The van der Waals surface area contributed by atoms with Crippen LogP contribution in [0.4, 0.5) is 5.69 Å². The summed E-state index contributed by atoms with van der Waals surface area (Å²) in [6, 6.07) is 13.8. The van der Waals surface area contributed by atoms with E-state index < -0.39 is 28.1 Å². The molecule has 3 aromatic rings. The van der Waals surface area contributed by atoms with Crippen LogP contribution in [0.25, 0.3) is 0 Å². The number of fused-ring (bicyclic) bond motifs is 1. The van der Waals surface area contributed by atoms with Gasteiger partial charge in [-0.3, -0.25) is 9.59 Å². The second kappa shape index (κ2) is 16.6. The molecule has 0 saturated carbocycles. The first-order valence-electron chi connectivity index (χ1n) is 16.4. The molecule has 2 heterocycles. The first kappa shape index (κ1) is 37.0. The third kappa shape index (κ3) is 9.22. The molecule has 4 rings (SSSR count). The molecule has 0 spiro atoms. The van der Waals surface area contributed by atoms with Crippen molar-refractivity contribution >= 4 is 27.5 Å². The number of nitrogens with zero attached hydrogens (tertiary/aromatic N) is 3. The lowest BCUT2D eigenvalue weighted by atomic mass is 10.0. The zero-order chi connectivity index (χ0) is 35.0. The summed E-state index contributed by atoms with van der Waals surface area (Å²) >= 11 is 0. The Morgan fingerprint density at radius 3 is 2.54 bits per heavy atom. The number of nitrogens with one attached hydrogen (secondary N) is 1. The van der Waals surface area contributed by atoms with Gasteiger partial charge in [-0.15, -0.1) is 0 Å². The highest BCUT2D eigenvalue weighted by atomic mass is 32.2. The highest BCUT2D eigenvalue weighted by Crippen LogP contribution is 2.29. The van der Waals surface area contributed by atoms with Crippen LogP contribution in [0, 0.1) is 19.8 Å². The van der Waals surface area contributed by atoms with Gasteiger partial charge in [-0.25, -0.2) is 8.42 Å². The number of aliphatic hydroxyl groups is 1. The van der Waals surface area contributed by atoms with Crippen LogP contribution in [0.5, 0.6) is 5.75 Å². The number of hydrogen-bond donors (Lipinski definition) is 2. The van der Waals surface area contributed by atoms with Gasteiger partial charge >= 0.3 is 0 Å². The Morgan fingerprint density at radius 2 is 1.88 bits per heavy atom. The maximum Gasteiger partial charge on any atom is 0.258 e. The van der Waals surface area contributed by atoms with Crippen LogP contribution in [0.2, 0.25) is 0 Å². The topological polar surface area (TPSA) is 152 Å². The first-order chi connectivity index (χ1) is 22.8. The van der Waals surface area contributed by atoms with E-state index in [2.05, 4.69) is 10.5 Å². The summed E-state index contributed by atoms with van der Waals surface area (Å²) in [5.74, 6) is -0.374. The van der Waals surface area contributed by atoms with Crippen molar-refractivity contribution in [2.75, 3.05) is 38.7 Å². The Labute approximate surface area is 283 Å². The van der Waals surface area contributed by atoms with Crippen molar-refractivity contribution in [1.82, 2.24) is 14.4 Å². The predicted molar refractivity (Wildman–Crippen MR) is 181 cm³/mol. The van der Waals surface area contributed by atoms with Gasteiger partial charge in [0.2, 0.25) is 15.9 Å². The molecule has 2 N–H and O–H groups in total. The summed E-state index contributed by atoms with van der Waals surface area (Å²) in [4.78, 5) is 28.8. The second-order valence-electron chi connectivity index (χ2n) is 12.7. The van der Waals surface area contributed by atoms with Crippen molar-refractivity contribution in [3.05, 3.63) is 71.1 Å². The fourth-order valence-electron chi connectivity index (χ4n) is 5.80. The number of aryl methyl sites for hydroxylation is 2. The van der Waals surface area contributed by atoms with E-state index in [1.807, 2.05) is 44.2 Å². The van der Waals surface area contributed by atoms with Gasteiger partial charge in [-0.2, -0.15) is 4.31 Å². The van der Waals surface area contributed by atoms with Crippen LogP contribution in [-0.2, 0) is 26.0 Å². The van der Waals surface area contributed by atoms with Crippen LogP contribution in [0.1, 0.15) is 67.4 Å². The maximum atomic E-state index is 14.4. The molecule has 0 bridgehead atoms. The van der Waals surface area contributed by atoms with Crippen molar-refractivity contribution in [2.45, 2.75) is 83.4 Å². The summed E-state index contributed by atoms with van der Waals surface area (Å²) in [5.41, 5.74) is 1.83. The number of benzene rings is 2. The number of carbonyl (C=O) groups excluding carboxylic acids is 2. The largest absolute Gasteiger partial charge is 0.490 e. The number of likely N-dealkylation sites (N-methyl/N-ethyl adjacent to an activating group) is 1. The second-order valence-corrected chi connectivity index (χ2v) is 14.6. The third-order valence-electron chi connectivity index (χ3n) is 8.62. The highest BCUT2D eigenvalue weighted by Gasteiger charge is 2.34. The van der Waals surface area contributed by atoms with Gasteiger partial charge < -0.3 is 29.3 Å². The number of anilines is 1. The standard InChI is InChI=1S/C35H48N4O8S/c1-23-20-39(24(2)22-40)35(42)30-19-29(36-33(41)18-28-13-8-7-9-14-28)15-16-31(30)46-25(3)12-10-11-17-45-32(23)21-38(6)48(43,44)34-26(4)37-47-27(34)5/h7-9,13-16,19,23-25,32,40H,10-12,17-18,20-22H2,1-6H3,(H,36,41)/t23-,24-,25+,32+/m1/s1. The summed E-state index contributed by atoms with van der Waals surface area (Å²) in [6.07, 6.45) is 1.59. The molecule has 0 fully saturated rings. The van der Waals surface area contributed by atoms with E-state index in [0.717, 1.165) is 18.4 Å². The van der Waals surface area contributed by atoms with Gasteiger partial charge in [0, 0.05) is 38.3 Å². The van der Waals surface area contributed by atoms with E-state index in [-0.39, 0.29) is 66.0 Å². The molecule has 0 saturated heterocycles. The van der Waals surface area contributed by atoms with Crippen LogP contribution < -0.4 is 10.1 Å². The van der Waals surface area contributed by atoms with Gasteiger partial charge in [-0.1, -0.05) is 42.4 Å². The Hall–Kier alpha value is -3.78. The van der Waals surface area contributed by atoms with Crippen LogP contribution in [0.3, 0.4) is 0 Å². The zero-order valence-corrected chi connectivity index (χ0v) is 29.5. The molecular formula is C35H48N4O8S. The van der Waals surface area contributed by atoms with E-state index in [1.165, 1.54) is 11.4 Å². The molecule has 1 aliphatic heterocycles. The highest BCUT2D eigenvalue weighted by molar-refractivity contribution is 7.89. The number of carbonyl (C=O) groups is 2. The smallest absolute Gasteiger partial charge is 0.258 e. The van der Waals surface area contributed by atoms with Gasteiger partial charge in [-0.05, 0) is 70.7 Å². The quantitative estimate of drug-likeness (QED) is 0.330. The fraction of sp³-hybridized carbons (Fsp3) is 0.514. The lowest BCUT2D eigenvalue weighted by molar-refractivity contribution is -0.115. The number of amides is 2. The predicted octanol–water partition coefficient (Wildman–Crippen LogP) is 4.59. The third-order valence-corrected chi connectivity index (χ3v) is 10.7. The van der Waals surface area contributed by atoms with Crippen molar-refractivity contribution in [1.29, 1.82) is 0 Å². The normalized spacial score (nSPS) is 20.5. The van der Waals surface area contributed by atoms with E-state index in [4.69, 9.17) is 14.0 Å². The lowest BCUT2D eigenvalue weighted by Gasteiger charge is -2.35. The molecule has 2 amide bonds. The van der Waals surface area contributed by atoms with E-state index in [1.54, 1.807) is 43.9 Å². The fourth-order valence-corrected chi connectivity index (χ4v) is 7.27. The van der Waals surface area contributed by atoms with Crippen LogP contribution >= 0.6 is 0 Å². The molecular weight excluding hydrogens is 636 g/mol. The first-order valence-corrected chi connectivity index (χ1v) is 17.8. The Balaban J connectivity index is 1.64. The molecule has 4 atom stereocenters. The molecule has 12 nitrogen and oxygen atoms in total. The lowest BCUT2D eigenvalue weighted by Crippen LogP contribution is -2.48. The van der Waals surface area contributed by atoms with E-state index in [0.29, 0.717) is 24.5 Å². The van der Waals surface area contributed by atoms with Gasteiger partial charge in [0.1, 0.15) is 16.3 Å². The monoisotopic (exact) mass is 684 g/mol. The van der Waals surface area contributed by atoms with Gasteiger partial charge in [0.25, 0.3) is 5.91 Å². The summed E-state index contributed by atoms with van der Waals surface area (Å²) in [7, 11) is -2.45. The summed E-state index contributed by atoms with van der Waals surface area (Å²) in [5, 5.41) is 16.9. The molecule has 13 heteroatoms. The number of rotatable bonds is 9. The van der Waals surface area contributed by atoms with Crippen molar-refractivity contribution < 1.29 is 37.1 Å². The Morgan fingerprint density at radius 1 is 1.15 bits per heavy atom. The SMILES string of the molecule is Cc1noc(C)c1S(=O)(=O)N(C)C[C@@H]1OCCCC[C@H](C)Oc2ccc(NC(=O)Cc3ccccc3)cc2C(=O)N([C@H](C)CO)C[C@H]1C. The molecule has 0 unspecified atom stereocenters.